The van der Waals surface area contributed by atoms with Crippen LogP contribution in [0.15, 0.2) is 79.1 Å². The van der Waals surface area contributed by atoms with Crippen LogP contribution in [-0.4, -0.2) is 13.1 Å². The molecule has 2 aromatic heterocycles. The van der Waals surface area contributed by atoms with E-state index in [0.717, 1.165) is 25.9 Å². The van der Waals surface area contributed by atoms with Crippen molar-refractivity contribution in [1.29, 1.82) is 0 Å². The molecule has 0 bridgehead atoms. The lowest BCUT2D eigenvalue weighted by molar-refractivity contribution is -0.686. The average molecular weight is 562 g/mol. The molecule has 0 unspecified atom stereocenters. The minimum atomic E-state index is 1.06. The second kappa shape index (κ2) is 10.2. The molecule has 3 heteroatoms. The van der Waals surface area contributed by atoms with Gasteiger partial charge in [0.25, 0.3) is 0 Å². The largest absolute Gasteiger partial charge is 0.371 e. The van der Waals surface area contributed by atoms with E-state index in [-0.39, 0.29) is 0 Å². The number of pyridine rings is 2. The molecule has 0 aliphatic carbocycles. The Bertz CT molecular complexity index is 1920. The molecule has 43 heavy (non-hydrogen) atoms. The van der Waals surface area contributed by atoms with Crippen molar-refractivity contribution >= 4 is 28.6 Å². The van der Waals surface area contributed by atoms with Crippen molar-refractivity contribution in [1.82, 2.24) is 0 Å². The van der Waals surface area contributed by atoms with Crippen LogP contribution < -0.4 is 14.0 Å². The monoisotopic (exact) mass is 561 g/mol. The van der Waals surface area contributed by atoms with Gasteiger partial charge in [-0.05, 0) is 95.5 Å². The highest BCUT2D eigenvalue weighted by molar-refractivity contribution is 5.98. The second-order valence-electron chi connectivity index (χ2n) is 13.0. The Labute approximate surface area is 254 Å². The van der Waals surface area contributed by atoms with E-state index in [4.69, 9.17) is 0 Å². The first-order chi connectivity index (χ1) is 21.3. The number of aryl methyl sites for hydroxylation is 6. The zero-order chi connectivity index (χ0) is 28.3. The first-order valence-corrected chi connectivity index (χ1v) is 16.5. The first-order valence-electron chi connectivity index (χ1n) is 16.5. The third-order valence-corrected chi connectivity index (χ3v) is 10.4. The summed E-state index contributed by atoms with van der Waals surface area (Å²) in [5.74, 6) is 0. The molecule has 4 aliphatic rings. The molecular formula is C40H39N3+2. The van der Waals surface area contributed by atoms with Gasteiger partial charge in [0.1, 0.15) is 13.1 Å². The molecule has 0 amide bonds. The van der Waals surface area contributed by atoms with E-state index in [2.05, 4.69) is 105 Å². The Kier molecular flexibility index (Phi) is 5.99. The van der Waals surface area contributed by atoms with Crippen LogP contribution in [0.5, 0.6) is 0 Å². The molecular weight excluding hydrogens is 522 g/mol. The quantitative estimate of drug-likeness (QED) is 0.203. The van der Waals surface area contributed by atoms with Crippen LogP contribution in [0.1, 0.15) is 59.1 Å². The van der Waals surface area contributed by atoms with Gasteiger partial charge in [-0.25, -0.2) is 0 Å². The molecule has 3 aromatic carbocycles. The summed E-state index contributed by atoms with van der Waals surface area (Å²) < 4.78 is 5.04. The van der Waals surface area contributed by atoms with E-state index in [1.165, 1.54) is 107 Å². The molecule has 3 nitrogen and oxygen atoms in total. The van der Waals surface area contributed by atoms with E-state index >= 15 is 0 Å². The Hall–Kier alpha value is -4.24. The van der Waals surface area contributed by atoms with Crippen LogP contribution in [0.25, 0.3) is 45.4 Å². The standard InChI is InChI=1S/C40H39N3/c1-2-12-35-30(7-1)18-24-43-22-4-9-32-16-15-31-8-3-19-41-23-17-28(27-36(41)37(31)38(32)40(35)43)13-14-29-25-33-10-5-20-42-21-6-11-34(26-29)39(33)42/h1-2,7,12-18,23-27H,3-6,8-11,19-22H2/q+2. The van der Waals surface area contributed by atoms with Gasteiger partial charge in [0, 0.05) is 49.8 Å². The fourth-order valence-corrected chi connectivity index (χ4v) is 8.45. The molecule has 0 spiro atoms. The second-order valence-corrected chi connectivity index (χ2v) is 13.0. The van der Waals surface area contributed by atoms with Gasteiger partial charge in [-0.1, -0.05) is 42.5 Å². The molecule has 0 radical (unpaired) electrons. The van der Waals surface area contributed by atoms with Crippen LogP contribution >= 0.6 is 0 Å². The lowest BCUT2D eigenvalue weighted by atomic mass is 9.87. The molecule has 0 saturated heterocycles. The third kappa shape index (κ3) is 4.24. The highest BCUT2D eigenvalue weighted by Gasteiger charge is 2.33. The van der Waals surface area contributed by atoms with Gasteiger partial charge >= 0.3 is 0 Å². The van der Waals surface area contributed by atoms with Gasteiger partial charge in [0.2, 0.25) is 11.4 Å². The molecule has 0 atom stereocenters. The van der Waals surface area contributed by atoms with Crippen LogP contribution in [-0.2, 0) is 38.8 Å². The number of nitrogens with zero attached hydrogens (tertiary/aromatic N) is 3. The van der Waals surface area contributed by atoms with E-state index in [9.17, 15) is 0 Å². The first kappa shape index (κ1) is 25.3. The molecule has 0 N–H and O–H groups in total. The number of rotatable bonds is 2. The number of fused-ring (bicyclic) bond motifs is 9. The van der Waals surface area contributed by atoms with Crippen molar-refractivity contribution in [3.8, 4) is 22.5 Å². The SMILES string of the molecule is C(=C\c1cc[n+]2c(c1)-c1c(ccc3c1-c1c4ccccc4cc[n+]1CCC3)CCC2)/c1cc2c3c(c1)CCCN3CCC2. The fourth-order valence-electron chi connectivity index (χ4n) is 8.45. The number of anilines is 1. The van der Waals surface area contributed by atoms with Crippen molar-refractivity contribution in [3.63, 3.8) is 0 Å². The van der Waals surface area contributed by atoms with Gasteiger partial charge in [-0.15, -0.1) is 0 Å². The lowest BCUT2D eigenvalue weighted by Crippen LogP contribution is -2.36. The molecule has 6 heterocycles. The molecule has 5 aromatic rings. The maximum atomic E-state index is 2.63. The Morgan fingerprint density at radius 2 is 1.26 bits per heavy atom. The lowest BCUT2D eigenvalue weighted by Gasteiger charge is -2.37. The van der Waals surface area contributed by atoms with Gasteiger partial charge in [-0.3, -0.25) is 0 Å². The van der Waals surface area contributed by atoms with E-state index in [0.29, 0.717) is 0 Å². The highest BCUT2D eigenvalue weighted by atomic mass is 15.1. The predicted octanol–water partition coefficient (Wildman–Crippen LogP) is 7.51. The van der Waals surface area contributed by atoms with E-state index in [1.54, 1.807) is 16.8 Å². The molecule has 9 rings (SSSR count). The topological polar surface area (TPSA) is 11.0 Å². The average Bonchev–Trinajstić information content (AvgIpc) is 3.35. The van der Waals surface area contributed by atoms with Crippen LogP contribution in [0.4, 0.5) is 5.69 Å². The number of hydrogen-bond donors (Lipinski definition) is 0. The van der Waals surface area contributed by atoms with Crippen LogP contribution in [0.2, 0.25) is 0 Å². The van der Waals surface area contributed by atoms with Crippen molar-refractivity contribution in [2.45, 2.75) is 64.5 Å². The zero-order valence-corrected chi connectivity index (χ0v) is 25.0. The molecule has 0 fully saturated rings. The van der Waals surface area contributed by atoms with Gasteiger partial charge in [0.05, 0.1) is 16.5 Å². The van der Waals surface area contributed by atoms with Gasteiger partial charge < -0.3 is 4.90 Å². The summed E-state index contributed by atoms with van der Waals surface area (Å²) >= 11 is 0. The summed E-state index contributed by atoms with van der Waals surface area (Å²) in [6, 6.07) is 25.8. The van der Waals surface area contributed by atoms with Crippen LogP contribution in [0.3, 0.4) is 0 Å². The van der Waals surface area contributed by atoms with E-state index < -0.39 is 0 Å². The summed E-state index contributed by atoms with van der Waals surface area (Å²) in [5.41, 5.74) is 16.0. The van der Waals surface area contributed by atoms with Crippen molar-refractivity contribution in [3.05, 3.63) is 113 Å². The van der Waals surface area contributed by atoms with Gasteiger partial charge in [0.15, 0.2) is 12.4 Å². The molecule has 212 valence electrons. The summed E-state index contributed by atoms with van der Waals surface area (Å²) in [6.07, 6.45) is 18.9. The maximum Gasteiger partial charge on any atom is 0.221 e. The number of benzene rings is 3. The predicted molar refractivity (Wildman–Crippen MR) is 176 cm³/mol. The maximum absolute atomic E-state index is 2.63. The summed E-state index contributed by atoms with van der Waals surface area (Å²) in [4.78, 5) is 2.63. The summed E-state index contributed by atoms with van der Waals surface area (Å²) in [7, 11) is 0. The zero-order valence-electron chi connectivity index (χ0n) is 25.0. The van der Waals surface area contributed by atoms with Gasteiger partial charge in [-0.2, -0.15) is 9.13 Å². The smallest absolute Gasteiger partial charge is 0.221 e. The van der Waals surface area contributed by atoms with Crippen molar-refractivity contribution in [2.75, 3.05) is 18.0 Å². The molecule has 0 saturated carbocycles. The normalized spacial score (nSPS) is 17.0. The van der Waals surface area contributed by atoms with Crippen molar-refractivity contribution < 1.29 is 9.13 Å². The molecule has 4 aliphatic heterocycles. The number of aromatic nitrogens is 2. The Morgan fingerprint density at radius 3 is 2.07 bits per heavy atom. The third-order valence-electron chi connectivity index (χ3n) is 10.4. The Balaban J connectivity index is 1.19. The number of hydrogen-bond acceptors (Lipinski definition) is 1. The van der Waals surface area contributed by atoms with Crippen LogP contribution in [0, 0.1) is 0 Å². The Morgan fingerprint density at radius 1 is 0.581 bits per heavy atom. The van der Waals surface area contributed by atoms with E-state index in [1.807, 2.05) is 0 Å². The summed E-state index contributed by atoms with van der Waals surface area (Å²) in [6.45, 7) is 4.58. The summed E-state index contributed by atoms with van der Waals surface area (Å²) in [5, 5.41) is 2.69. The minimum absolute atomic E-state index is 1.06. The van der Waals surface area contributed by atoms with Crippen molar-refractivity contribution in [2.24, 2.45) is 0 Å². The fraction of sp³-hybridized carbons (Fsp3) is 0.300. The minimum Gasteiger partial charge on any atom is -0.371 e. The highest BCUT2D eigenvalue weighted by Crippen LogP contribution is 2.41.